The van der Waals surface area contributed by atoms with Gasteiger partial charge in [-0.2, -0.15) is 0 Å². The van der Waals surface area contributed by atoms with E-state index in [9.17, 15) is 4.79 Å². The molecule has 0 saturated heterocycles. The second kappa shape index (κ2) is 8.47. The van der Waals surface area contributed by atoms with Crippen LogP contribution in [0.3, 0.4) is 0 Å². The SMILES string of the molecule is COc1ccc(C(=O)c2sc(Nc3ccc(Cl)cc3)nc2-c2ccccc2)cc1. The lowest BCUT2D eigenvalue weighted by molar-refractivity contribution is 0.104. The molecule has 0 bridgehead atoms. The number of rotatable bonds is 6. The van der Waals surface area contributed by atoms with Gasteiger partial charge in [0.15, 0.2) is 5.13 Å². The molecule has 1 N–H and O–H groups in total. The van der Waals surface area contributed by atoms with Gasteiger partial charge in [0.2, 0.25) is 5.78 Å². The molecular formula is C23H17ClN2O2S. The van der Waals surface area contributed by atoms with Crippen molar-refractivity contribution in [3.63, 3.8) is 0 Å². The summed E-state index contributed by atoms with van der Waals surface area (Å²) in [5, 5.41) is 4.57. The minimum Gasteiger partial charge on any atom is -0.497 e. The number of hydrogen-bond donors (Lipinski definition) is 1. The first-order valence-electron chi connectivity index (χ1n) is 8.91. The van der Waals surface area contributed by atoms with E-state index in [1.807, 2.05) is 42.5 Å². The Morgan fingerprint density at radius 1 is 0.966 bits per heavy atom. The fraction of sp³-hybridized carbons (Fsp3) is 0.0435. The Morgan fingerprint density at radius 2 is 1.66 bits per heavy atom. The normalized spacial score (nSPS) is 10.6. The quantitative estimate of drug-likeness (QED) is 0.364. The summed E-state index contributed by atoms with van der Waals surface area (Å²) in [6.45, 7) is 0. The van der Waals surface area contributed by atoms with E-state index >= 15 is 0 Å². The van der Waals surface area contributed by atoms with E-state index in [1.54, 1.807) is 43.5 Å². The van der Waals surface area contributed by atoms with Gasteiger partial charge in [-0.15, -0.1) is 0 Å². The second-order valence-electron chi connectivity index (χ2n) is 6.25. The van der Waals surface area contributed by atoms with Crippen molar-refractivity contribution in [2.24, 2.45) is 0 Å². The minimum atomic E-state index is -0.0758. The van der Waals surface area contributed by atoms with Crippen LogP contribution in [0.1, 0.15) is 15.2 Å². The summed E-state index contributed by atoms with van der Waals surface area (Å²) in [5.74, 6) is 0.632. The Bertz CT molecular complexity index is 1120. The molecule has 1 aromatic heterocycles. The number of anilines is 2. The Kier molecular flexibility index (Phi) is 5.60. The van der Waals surface area contributed by atoms with Gasteiger partial charge in [0, 0.05) is 21.8 Å². The summed E-state index contributed by atoms with van der Waals surface area (Å²) in [4.78, 5) is 18.5. The summed E-state index contributed by atoms with van der Waals surface area (Å²) in [7, 11) is 1.60. The van der Waals surface area contributed by atoms with E-state index in [4.69, 9.17) is 21.3 Å². The van der Waals surface area contributed by atoms with Gasteiger partial charge in [0.05, 0.1) is 12.8 Å². The topological polar surface area (TPSA) is 51.2 Å². The van der Waals surface area contributed by atoms with Crippen LogP contribution in [0.15, 0.2) is 78.9 Å². The predicted molar refractivity (Wildman–Crippen MR) is 119 cm³/mol. The highest BCUT2D eigenvalue weighted by Crippen LogP contribution is 2.34. The maximum absolute atomic E-state index is 13.2. The lowest BCUT2D eigenvalue weighted by Gasteiger charge is -2.03. The van der Waals surface area contributed by atoms with Gasteiger partial charge < -0.3 is 10.1 Å². The van der Waals surface area contributed by atoms with Gasteiger partial charge in [0.1, 0.15) is 10.6 Å². The number of hydrogen-bond acceptors (Lipinski definition) is 5. The molecule has 0 amide bonds. The van der Waals surface area contributed by atoms with Crippen molar-refractivity contribution in [2.75, 3.05) is 12.4 Å². The second-order valence-corrected chi connectivity index (χ2v) is 7.69. The van der Waals surface area contributed by atoms with Crippen LogP contribution in [0.5, 0.6) is 5.75 Å². The van der Waals surface area contributed by atoms with Crippen LogP contribution < -0.4 is 10.1 Å². The van der Waals surface area contributed by atoms with Crippen LogP contribution in [0, 0.1) is 0 Å². The van der Waals surface area contributed by atoms with Crippen molar-refractivity contribution >= 4 is 39.5 Å². The van der Waals surface area contributed by atoms with Crippen LogP contribution in [0.4, 0.5) is 10.8 Å². The molecule has 4 rings (SSSR count). The summed E-state index contributed by atoms with van der Waals surface area (Å²) < 4.78 is 5.19. The molecule has 0 fully saturated rings. The van der Waals surface area contributed by atoms with Crippen molar-refractivity contribution in [2.45, 2.75) is 0 Å². The number of benzene rings is 3. The van der Waals surface area contributed by atoms with E-state index < -0.39 is 0 Å². The van der Waals surface area contributed by atoms with Crippen molar-refractivity contribution in [1.29, 1.82) is 0 Å². The molecule has 29 heavy (non-hydrogen) atoms. The van der Waals surface area contributed by atoms with E-state index in [2.05, 4.69) is 5.32 Å². The fourth-order valence-electron chi connectivity index (χ4n) is 2.85. The number of ketones is 1. The number of halogens is 1. The molecule has 0 atom stereocenters. The third-order valence-electron chi connectivity index (χ3n) is 4.33. The molecule has 4 aromatic rings. The van der Waals surface area contributed by atoms with E-state index in [-0.39, 0.29) is 5.78 Å². The molecule has 0 spiro atoms. The number of thiazole rings is 1. The first-order chi connectivity index (χ1) is 14.1. The zero-order valence-corrected chi connectivity index (χ0v) is 17.1. The maximum atomic E-state index is 13.2. The van der Waals surface area contributed by atoms with E-state index in [0.717, 1.165) is 11.3 Å². The van der Waals surface area contributed by atoms with E-state index in [1.165, 1.54) is 11.3 Å². The molecule has 0 unspecified atom stereocenters. The predicted octanol–water partition coefficient (Wildman–Crippen LogP) is 6.45. The summed E-state index contributed by atoms with van der Waals surface area (Å²) in [6, 6.07) is 24.2. The molecule has 144 valence electrons. The molecule has 1 heterocycles. The molecule has 4 nitrogen and oxygen atoms in total. The standard InChI is InChI=1S/C23H17ClN2O2S/c1-28-19-13-7-16(8-14-19)21(27)22-20(15-5-3-2-4-6-15)26-23(29-22)25-18-11-9-17(24)10-12-18/h2-14H,1H3,(H,25,26). The van der Waals surface area contributed by atoms with Gasteiger partial charge in [-0.3, -0.25) is 4.79 Å². The van der Waals surface area contributed by atoms with Gasteiger partial charge in [-0.25, -0.2) is 4.98 Å². The average molecular weight is 421 g/mol. The number of aromatic nitrogens is 1. The van der Waals surface area contributed by atoms with Crippen molar-refractivity contribution in [1.82, 2.24) is 4.98 Å². The molecule has 0 saturated carbocycles. The third kappa shape index (κ3) is 4.31. The number of ether oxygens (including phenoxy) is 1. The lowest BCUT2D eigenvalue weighted by Crippen LogP contribution is -2.01. The summed E-state index contributed by atoms with van der Waals surface area (Å²) >= 11 is 7.29. The lowest BCUT2D eigenvalue weighted by atomic mass is 10.1. The van der Waals surface area contributed by atoms with Crippen molar-refractivity contribution in [3.05, 3.63) is 94.3 Å². The van der Waals surface area contributed by atoms with Crippen LogP contribution in [-0.4, -0.2) is 17.9 Å². The van der Waals surface area contributed by atoms with Crippen LogP contribution >= 0.6 is 22.9 Å². The fourth-order valence-corrected chi connectivity index (χ4v) is 3.95. The number of nitrogens with one attached hydrogen (secondary N) is 1. The zero-order chi connectivity index (χ0) is 20.2. The zero-order valence-electron chi connectivity index (χ0n) is 15.6. The van der Waals surface area contributed by atoms with Crippen LogP contribution in [0.25, 0.3) is 11.3 Å². The van der Waals surface area contributed by atoms with Crippen LogP contribution in [0.2, 0.25) is 5.02 Å². The molecule has 0 aliphatic heterocycles. The molecule has 0 aliphatic rings. The number of methoxy groups -OCH3 is 1. The van der Waals surface area contributed by atoms with E-state index in [0.29, 0.717) is 32.0 Å². The van der Waals surface area contributed by atoms with Gasteiger partial charge in [-0.05, 0) is 48.5 Å². The molecular weight excluding hydrogens is 404 g/mol. The number of carbonyl (C=O) groups excluding carboxylic acids is 1. The van der Waals surface area contributed by atoms with Gasteiger partial charge in [0.25, 0.3) is 0 Å². The largest absolute Gasteiger partial charge is 0.497 e. The third-order valence-corrected chi connectivity index (χ3v) is 5.55. The van der Waals surface area contributed by atoms with Crippen LogP contribution in [-0.2, 0) is 0 Å². The Hall–Kier alpha value is -3.15. The Balaban J connectivity index is 1.73. The molecule has 3 aromatic carbocycles. The maximum Gasteiger partial charge on any atom is 0.205 e. The molecule has 0 radical (unpaired) electrons. The first kappa shape index (κ1) is 19.2. The molecule has 6 heteroatoms. The van der Waals surface area contributed by atoms with Gasteiger partial charge in [-0.1, -0.05) is 53.3 Å². The highest BCUT2D eigenvalue weighted by molar-refractivity contribution is 7.18. The van der Waals surface area contributed by atoms with Crippen molar-refractivity contribution in [3.8, 4) is 17.0 Å². The highest BCUT2D eigenvalue weighted by atomic mass is 35.5. The molecule has 0 aliphatic carbocycles. The first-order valence-corrected chi connectivity index (χ1v) is 10.1. The van der Waals surface area contributed by atoms with Gasteiger partial charge >= 0.3 is 0 Å². The monoisotopic (exact) mass is 420 g/mol. The average Bonchev–Trinajstić information content (AvgIpc) is 3.19. The summed E-state index contributed by atoms with van der Waals surface area (Å²) in [6.07, 6.45) is 0. The smallest absolute Gasteiger partial charge is 0.205 e. The Labute approximate surface area is 177 Å². The highest BCUT2D eigenvalue weighted by Gasteiger charge is 2.21. The summed E-state index contributed by atoms with van der Waals surface area (Å²) in [5.41, 5.74) is 2.99. The number of nitrogens with zero attached hydrogens (tertiary/aromatic N) is 1. The Morgan fingerprint density at radius 3 is 2.31 bits per heavy atom. The minimum absolute atomic E-state index is 0.0758. The number of carbonyl (C=O) groups is 1. The van der Waals surface area contributed by atoms with Crippen molar-refractivity contribution < 1.29 is 9.53 Å².